The van der Waals surface area contributed by atoms with Gasteiger partial charge in [0, 0.05) is 59.2 Å². The maximum Gasteiger partial charge on any atom is 0.251 e. The molecule has 8 heteroatoms. The molecule has 1 saturated heterocycles. The minimum Gasteiger partial charge on any atom is -0.487 e. The summed E-state index contributed by atoms with van der Waals surface area (Å²) in [5, 5.41) is 3.55. The summed E-state index contributed by atoms with van der Waals surface area (Å²) in [7, 11) is 0. The standard InChI is InChI=1S/C24H21ClN4O3/c25-17-9-16-11-19(32-23(16)20(12-17)21-14-26-6-7-27-21)13-28-24(31)15-3-1-4-18(10-15)29-8-2-5-22(29)30/h1,3-4,6-7,9-10,12,14,19H,2,5,8,11,13H2,(H,28,31). The second-order valence-electron chi connectivity index (χ2n) is 7.89. The maximum atomic E-state index is 12.8. The number of amides is 2. The molecule has 0 saturated carbocycles. The maximum absolute atomic E-state index is 12.8. The number of hydrogen-bond donors (Lipinski definition) is 1. The molecule has 32 heavy (non-hydrogen) atoms. The van der Waals surface area contributed by atoms with Crippen LogP contribution in [0.1, 0.15) is 28.8 Å². The van der Waals surface area contributed by atoms with Crippen molar-refractivity contribution in [3.8, 4) is 17.0 Å². The number of carbonyl (C=O) groups is 2. The number of anilines is 1. The van der Waals surface area contributed by atoms with Crippen LogP contribution in [-0.2, 0) is 11.2 Å². The van der Waals surface area contributed by atoms with Gasteiger partial charge in [-0.25, -0.2) is 0 Å². The van der Waals surface area contributed by atoms with Crippen molar-refractivity contribution in [3.63, 3.8) is 0 Å². The molecule has 1 fully saturated rings. The van der Waals surface area contributed by atoms with Gasteiger partial charge in [0.2, 0.25) is 5.91 Å². The first-order chi connectivity index (χ1) is 15.6. The van der Waals surface area contributed by atoms with Crippen LogP contribution >= 0.6 is 11.6 Å². The number of aromatic nitrogens is 2. The van der Waals surface area contributed by atoms with Gasteiger partial charge in [0.05, 0.1) is 18.4 Å². The molecule has 0 radical (unpaired) electrons. The minimum atomic E-state index is -0.216. The Kier molecular flexibility index (Phi) is 5.49. The van der Waals surface area contributed by atoms with E-state index in [0.29, 0.717) is 42.2 Å². The number of halogens is 1. The van der Waals surface area contributed by atoms with Gasteiger partial charge in [0.1, 0.15) is 11.9 Å². The summed E-state index contributed by atoms with van der Waals surface area (Å²) in [4.78, 5) is 35.0. The molecule has 5 rings (SSSR count). The van der Waals surface area contributed by atoms with Crippen LogP contribution in [0.15, 0.2) is 55.0 Å². The van der Waals surface area contributed by atoms with Gasteiger partial charge in [-0.15, -0.1) is 0 Å². The van der Waals surface area contributed by atoms with Crippen LogP contribution in [0.5, 0.6) is 5.75 Å². The van der Waals surface area contributed by atoms with Crippen LogP contribution in [-0.4, -0.2) is 41.0 Å². The van der Waals surface area contributed by atoms with Crippen LogP contribution < -0.4 is 15.0 Å². The Hall–Kier alpha value is -3.45. The van der Waals surface area contributed by atoms with E-state index < -0.39 is 0 Å². The normalized spacial score (nSPS) is 17.2. The monoisotopic (exact) mass is 448 g/mol. The molecule has 162 valence electrons. The first-order valence-electron chi connectivity index (χ1n) is 10.5. The fourth-order valence-corrected chi connectivity index (χ4v) is 4.42. The second-order valence-corrected chi connectivity index (χ2v) is 8.32. The number of hydrogen-bond acceptors (Lipinski definition) is 5. The van der Waals surface area contributed by atoms with Crippen molar-refractivity contribution in [2.24, 2.45) is 0 Å². The Morgan fingerprint density at radius 1 is 1.25 bits per heavy atom. The van der Waals surface area contributed by atoms with Gasteiger partial charge >= 0.3 is 0 Å². The third-order valence-electron chi connectivity index (χ3n) is 5.69. The highest BCUT2D eigenvalue weighted by molar-refractivity contribution is 6.31. The van der Waals surface area contributed by atoms with Gasteiger partial charge in [0.25, 0.3) is 5.91 Å². The first kappa shape index (κ1) is 20.5. The summed E-state index contributed by atoms with van der Waals surface area (Å²) in [6.07, 6.45) is 6.72. The molecular weight excluding hydrogens is 428 g/mol. The fraction of sp³-hybridized carbons (Fsp3) is 0.250. The van der Waals surface area contributed by atoms with Gasteiger partial charge < -0.3 is 15.0 Å². The van der Waals surface area contributed by atoms with Gasteiger partial charge in [-0.05, 0) is 36.8 Å². The van der Waals surface area contributed by atoms with Crippen LogP contribution in [0.2, 0.25) is 5.02 Å². The SMILES string of the molecule is O=C(NCC1Cc2cc(Cl)cc(-c3cnccn3)c2O1)c1cccc(N2CCCC2=O)c1. The van der Waals surface area contributed by atoms with E-state index in [4.69, 9.17) is 16.3 Å². The topological polar surface area (TPSA) is 84.4 Å². The number of fused-ring (bicyclic) bond motifs is 1. The Labute approximate surface area is 190 Å². The molecular formula is C24H21ClN4O3. The Morgan fingerprint density at radius 2 is 2.16 bits per heavy atom. The summed E-state index contributed by atoms with van der Waals surface area (Å²) < 4.78 is 6.16. The lowest BCUT2D eigenvalue weighted by Crippen LogP contribution is -2.34. The third kappa shape index (κ3) is 4.03. The van der Waals surface area contributed by atoms with Crippen molar-refractivity contribution < 1.29 is 14.3 Å². The molecule has 1 N–H and O–H groups in total. The van der Waals surface area contributed by atoms with E-state index in [1.807, 2.05) is 18.2 Å². The van der Waals surface area contributed by atoms with Crippen molar-refractivity contribution in [2.75, 3.05) is 18.0 Å². The van der Waals surface area contributed by atoms with Crippen molar-refractivity contribution in [3.05, 3.63) is 71.1 Å². The molecule has 7 nitrogen and oxygen atoms in total. The van der Waals surface area contributed by atoms with E-state index in [2.05, 4.69) is 15.3 Å². The van der Waals surface area contributed by atoms with E-state index in [-0.39, 0.29) is 17.9 Å². The van der Waals surface area contributed by atoms with E-state index in [1.54, 1.807) is 41.7 Å². The van der Waals surface area contributed by atoms with E-state index in [9.17, 15) is 9.59 Å². The van der Waals surface area contributed by atoms with Gasteiger partial charge in [0.15, 0.2) is 0 Å². The Bertz CT molecular complexity index is 1190. The van der Waals surface area contributed by atoms with Crippen molar-refractivity contribution in [2.45, 2.75) is 25.4 Å². The fourth-order valence-electron chi connectivity index (χ4n) is 4.18. The molecule has 2 aromatic carbocycles. The van der Waals surface area contributed by atoms with E-state index in [1.165, 1.54) is 0 Å². The number of nitrogens with zero attached hydrogens (tertiary/aromatic N) is 3. The summed E-state index contributed by atoms with van der Waals surface area (Å²) >= 11 is 6.31. The molecule has 2 aliphatic rings. The lowest BCUT2D eigenvalue weighted by molar-refractivity contribution is -0.117. The number of carbonyl (C=O) groups excluding carboxylic acids is 2. The molecule has 3 aromatic rings. The molecule has 1 unspecified atom stereocenters. The molecule has 1 aromatic heterocycles. The minimum absolute atomic E-state index is 0.0947. The molecule has 0 spiro atoms. The number of benzene rings is 2. The average molecular weight is 449 g/mol. The molecule has 2 aliphatic heterocycles. The van der Waals surface area contributed by atoms with Crippen molar-refractivity contribution >= 4 is 29.1 Å². The lowest BCUT2D eigenvalue weighted by Gasteiger charge is -2.17. The van der Waals surface area contributed by atoms with E-state index >= 15 is 0 Å². The van der Waals surface area contributed by atoms with Crippen LogP contribution in [0.4, 0.5) is 5.69 Å². The van der Waals surface area contributed by atoms with Crippen molar-refractivity contribution in [1.29, 1.82) is 0 Å². The lowest BCUT2D eigenvalue weighted by atomic mass is 10.0. The highest BCUT2D eigenvalue weighted by atomic mass is 35.5. The quantitative estimate of drug-likeness (QED) is 0.644. The zero-order valence-electron chi connectivity index (χ0n) is 17.3. The first-order valence-corrected chi connectivity index (χ1v) is 10.9. The molecule has 2 amide bonds. The Morgan fingerprint density at radius 3 is 2.94 bits per heavy atom. The van der Waals surface area contributed by atoms with Gasteiger partial charge in [-0.3, -0.25) is 19.6 Å². The Balaban J connectivity index is 1.27. The average Bonchev–Trinajstić information content (AvgIpc) is 3.43. The van der Waals surface area contributed by atoms with E-state index in [0.717, 1.165) is 29.0 Å². The van der Waals surface area contributed by atoms with Gasteiger partial charge in [-0.2, -0.15) is 0 Å². The summed E-state index contributed by atoms with van der Waals surface area (Å²) in [6.45, 7) is 1.03. The number of ether oxygens (including phenoxy) is 1. The third-order valence-corrected chi connectivity index (χ3v) is 5.90. The summed E-state index contributed by atoms with van der Waals surface area (Å²) in [6, 6.07) is 10.9. The summed E-state index contributed by atoms with van der Waals surface area (Å²) in [5.41, 5.74) is 3.72. The zero-order valence-corrected chi connectivity index (χ0v) is 18.0. The molecule has 1 atom stereocenters. The smallest absolute Gasteiger partial charge is 0.251 e. The summed E-state index contributed by atoms with van der Waals surface area (Å²) in [5.74, 6) is 0.617. The largest absolute Gasteiger partial charge is 0.487 e. The molecule has 0 bridgehead atoms. The van der Waals surface area contributed by atoms with Crippen LogP contribution in [0.25, 0.3) is 11.3 Å². The molecule has 0 aliphatic carbocycles. The second kappa shape index (κ2) is 8.59. The highest BCUT2D eigenvalue weighted by Gasteiger charge is 2.28. The van der Waals surface area contributed by atoms with Crippen molar-refractivity contribution in [1.82, 2.24) is 15.3 Å². The van der Waals surface area contributed by atoms with Crippen LogP contribution in [0.3, 0.4) is 0 Å². The predicted molar refractivity (Wildman–Crippen MR) is 121 cm³/mol. The molecule has 3 heterocycles. The highest BCUT2D eigenvalue weighted by Crippen LogP contribution is 2.40. The zero-order chi connectivity index (χ0) is 22.1. The van der Waals surface area contributed by atoms with Gasteiger partial charge in [-0.1, -0.05) is 17.7 Å². The number of nitrogens with one attached hydrogen (secondary N) is 1. The predicted octanol–water partition coefficient (Wildman–Crippen LogP) is 3.66. The van der Waals surface area contributed by atoms with Crippen LogP contribution in [0, 0.1) is 0 Å². The number of rotatable bonds is 5.